The summed E-state index contributed by atoms with van der Waals surface area (Å²) in [6.45, 7) is 11.0. The Hall–Kier alpha value is -1.72. The van der Waals surface area contributed by atoms with Gasteiger partial charge in [-0.2, -0.15) is 0 Å². The lowest BCUT2D eigenvalue weighted by atomic mass is 10.0. The summed E-state index contributed by atoms with van der Waals surface area (Å²) in [5.41, 5.74) is 8.77. The van der Waals surface area contributed by atoms with Crippen LogP contribution in [0, 0.1) is 5.92 Å². The van der Waals surface area contributed by atoms with Gasteiger partial charge >= 0.3 is 0 Å². The van der Waals surface area contributed by atoms with Crippen LogP contribution in [0.25, 0.3) is 11.1 Å². The lowest BCUT2D eigenvalue weighted by Gasteiger charge is -2.17. The smallest absolute Gasteiger partial charge is 0.137 e. The molecular formula is C24H36N2O2S. The van der Waals surface area contributed by atoms with Crippen molar-refractivity contribution in [3.63, 3.8) is 0 Å². The van der Waals surface area contributed by atoms with Crippen LogP contribution in [-0.4, -0.2) is 28.1 Å². The molecule has 160 valence electrons. The number of benzene rings is 1. The molecule has 1 aromatic heterocycles. The zero-order valence-corrected chi connectivity index (χ0v) is 19.3. The zero-order chi connectivity index (χ0) is 21.4. The second-order valence-corrected chi connectivity index (χ2v) is 9.48. The van der Waals surface area contributed by atoms with E-state index in [4.69, 9.17) is 10.5 Å². The van der Waals surface area contributed by atoms with E-state index in [0.717, 1.165) is 47.0 Å². The topological polar surface area (TPSA) is 68.4 Å². The molecule has 2 rings (SSSR count). The molecule has 3 N–H and O–H groups in total. The first-order chi connectivity index (χ1) is 13.7. The van der Waals surface area contributed by atoms with E-state index in [1.165, 1.54) is 12.0 Å². The Balaban J connectivity index is 2.14. The number of nitrogens with zero attached hydrogens (tertiary/aromatic N) is 1. The predicted octanol–water partition coefficient (Wildman–Crippen LogP) is 5.96. The number of aryl methyl sites for hydroxylation is 1. The van der Waals surface area contributed by atoms with E-state index in [1.54, 1.807) is 11.8 Å². The number of thioether (sulfide) groups is 1. The van der Waals surface area contributed by atoms with E-state index in [-0.39, 0.29) is 0 Å². The van der Waals surface area contributed by atoms with Gasteiger partial charge in [0.15, 0.2) is 0 Å². The summed E-state index contributed by atoms with van der Waals surface area (Å²) in [5.74, 6) is 2.99. The number of rotatable bonds is 11. The van der Waals surface area contributed by atoms with Gasteiger partial charge in [0.1, 0.15) is 11.6 Å². The lowest BCUT2D eigenvalue weighted by Crippen LogP contribution is -2.19. The molecule has 1 heterocycles. The van der Waals surface area contributed by atoms with Crippen molar-refractivity contribution in [2.45, 2.75) is 70.8 Å². The van der Waals surface area contributed by atoms with Crippen LogP contribution in [0.5, 0.6) is 5.75 Å². The summed E-state index contributed by atoms with van der Waals surface area (Å²) in [6, 6.07) is 8.45. The molecule has 29 heavy (non-hydrogen) atoms. The molecule has 0 amide bonds. The van der Waals surface area contributed by atoms with Crippen LogP contribution in [-0.2, 0) is 6.42 Å². The highest BCUT2D eigenvalue weighted by molar-refractivity contribution is 7.99. The molecule has 1 unspecified atom stereocenters. The highest BCUT2D eigenvalue weighted by Crippen LogP contribution is 2.32. The summed E-state index contributed by atoms with van der Waals surface area (Å²) < 4.78 is 6.06. The number of anilines is 1. The number of ether oxygens (including phenoxy) is 1. The van der Waals surface area contributed by atoms with Crippen molar-refractivity contribution >= 4 is 17.6 Å². The summed E-state index contributed by atoms with van der Waals surface area (Å²) in [4.78, 5) is 5.35. The van der Waals surface area contributed by atoms with Gasteiger partial charge in [-0.05, 0) is 68.4 Å². The minimum absolute atomic E-state index is 0.537. The Morgan fingerprint density at radius 1 is 1.21 bits per heavy atom. The van der Waals surface area contributed by atoms with Crippen molar-refractivity contribution in [3.8, 4) is 16.9 Å². The normalized spacial score (nSPS) is 12.8. The number of aromatic nitrogens is 1. The molecule has 4 nitrogen and oxygen atoms in total. The summed E-state index contributed by atoms with van der Waals surface area (Å²) >= 11 is 1.64. The molecule has 0 aliphatic carbocycles. The van der Waals surface area contributed by atoms with Crippen LogP contribution in [0.1, 0.15) is 59.4 Å². The largest absolute Gasteiger partial charge is 0.493 e. The molecular weight excluding hydrogens is 380 g/mol. The van der Waals surface area contributed by atoms with Gasteiger partial charge in [-0.15, -0.1) is 11.8 Å². The van der Waals surface area contributed by atoms with Crippen LogP contribution in [0.3, 0.4) is 0 Å². The average molecular weight is 417 g/mol. The van der Waals surface area contributed by atoms with Gasteiger partial charge < -0.3 is 15.6 Å². The fourth-order valence-electron chi connectivity index (χ4n) is 2.89. The first-order valence-corrected chi connectivity index (χ1v) is 11.6. The monoisotopic (exact) mass is 416 g/mol. The Bertz CT molecular complexity index is 787. The average Bonchev–Trinajstić information content (AvgIpc) is 2.68. The minimum Gasteiger partial charge on any atom is -0.493 e. The number of pyridine rings is 1. The number of aliphatic hydroxyl groups is 1. The van der Waals surface area contributed by atoms with Crippen molar-refractivity contribution in [2.75, 3.05) is 18.1 Å². The zero-order valence-electron chi connectivity index (χ0n) is 18.5. The summed E-state index contributed by atoms with van der Waals surface area (Å²) in [6.07, 6.45) is 5.71. The molecule has 1 aromatic carbocycles. The van der Waals surface area contributed by atoms with Crippen LogP contribution in [0.2, 0.25) is 0 Å². The van der Waals surface area contributed by atoms with Gasteiger partial charge in [0.2, 0.25) is 0 Å². The molecule has 0 aliphatic rings. The van der Waals surface area contributed by atoms with Crippen LogP contribution >= 0.6 is 11.8 Å². The fourth-order valence-corrected chi connectivity index (χ4v) is 4.12. The van der Waals surface area contributed by atoms with E-state index >= 15 is 0 Å². The van der Waals surface area contributed by atoms with E-state index < -0.39 is 5.60 Å². The van der Waals surface area contributed by atoms with Crippen molar-refractivity contribution in [2.24, 2.45) is 5.92 Å². The van der Waals surface area contributed by atoms with Gasteiger partial charge in [-0.1, -0.05) is 33.3 Å². The summed E-state index contributed by atoms with van der Waals surface area (Å²) in [5, 5.41) is 9.92. The van der Waals surface area contributed by atoms with Crippen molar-refractivity contribution in [3.05, 3.63) is 36.0 Å². The van der Waals surface area contributed by atoms with Gasteiger partial charge in [-0.25, -0.2) is 4.98 Å². The fraction of sp³-hybridized carbons (Fsp3) is 0.542. The SMILES string of the molecule is CCc1cc(-c2cnc(N)c(SCCC(C)(C)O)c2)ccc1OCCC(C)CC. The van der Waals surface area contributed by atoms with E-state index in [9.17, 15) is 5.11 Å². The second kappa shape index (κ2) is 10.9. The Morgan fingerprint density at radius 2 is 1.97 bits per heavy atom. The maximum Gasteiger partial charge on any atom is 0.137 e. The number of nitrogen functional groups attached to an aromatic ring is 1. The predicted molar refractivity (Wildman–Crippen MR) is 125 cm³/mol. The highest BCUT2D eigenvalue weighted by Gasteiger charge is 2.14. The van der Waals surface area contributed by atoms with Crippen molar-refractivity contribution in [1.82, 2.24) is 4.98 Å². The van der Waals surface area contributed by atoms with E-state index in [0.29, 0.717) is 18.2 Å². The van der Waals surface area contributed by atoms with Gasteiger partial charge in [-0.3, -0.25) is 0 Å². The highest BCUT2D eigenvalue weighted by atomic mass is 32.2. The maximum absolute atomic E-state index is 9.92. The number of hydrogen-bond acceptors (Lipinski definition) is 5. The first kappa shape index (κ1) is 23.6. The Labute approximate surface area is 180 Å². The Morgan fingerprint density at radius 3 is 2.62 bits per heavy atom. The quantitative estimate of drug-likeness (QED) is 0.442. The summed E-state index contributed by atoms with van der Waals surface area (Å²) in [7, 11) is 0. The van der Waals surface area contributed by atoms with Gasteiger partial charge in [0, 0.05) is 17.5 Å². The molecule has 1 atom stereocenters. The lowest BCUT2D eigenvalue weighted by molar-refractivity contribution is 0.0777. The Kier molecular flexibility index (Phi) is 8.84. The van der Waals surface area contributed by atoms with Crippen LogP contribution in [0.4, 0.5) is 5.82 Å². The standard InChI is InChI=1S/C24H36N2O2S/c1-6-17(3)10-12-28-21-9-8-19(14-18(21)7-2)20-15-22(23(25)26-16-20)29-13-11-24(4,5)27/h8-9,14-17,27H,6-7,10-13H2,1-5H3,(H2,25,26). The van der Waals surface area contributed by atoms with Gasteiger partial charge in [0.05, 0.1) is 17.1 Å². The number of hydrogen-bond donors (Lipinski definition) is 2. The molecule has 0 fully saturated rings. The number of nitrogens with two attached hydrogens (primary N) is 1. The maximum atomic E-state index is 9.92. The third kappa shape index (κ3) is 7.56. The third-order valence-electron chi connectivity index (χ3n) is 5.19. The molecule has 2 aromatic rings. The van der Waals surface area contributed by atoms with Gasteiger partial charge in [0.25, 0.3) is 0 Å². The van der Waals surface area contributed by atoms with Crippen molar-refractivity contribution < 1.29 is 9.84 Å². The minimum atomic E-state index is -0.673. The van der Waals surface area contributed by atoms with Crippen LogP contribution in [0.15, 0.2) is 35.4 Å². The molecule has 0 bridgehead atoms. The second-order valence-electron chi connectivity index (χ2n) is 8.34. The molecule has 0 spiro atoms. The van der Waals surface area contributed by atoms with E-state index in [2.05, 4.69) is 50.0 Å². The van der Waals surface area contributed by atoms with Crippen molar-refractivity contribution in [1.29, 1.82) is 0 Å². The third-order valence-corrected chi connectivity index (χ3v) is 6.24. The van der Waals surface area contributed by atoms with Crippen LogP contribution < -0.4 is 10.5 Å². The van der Waals surface area contributed by atoms with E-state index in [1.807, 2.05) is 20.0 Å². The molecule has 5 heteroatoms. The molecule has 0 saturated heterocycles. The molecule has 0 saturated carbocycles. The first-order valence-electron chi connectivity index (χ1n) is 10.6. The molecule has 0 aliphatic heterocycles. The molecule has 0 radical (unpaired) electrons.